The van der Waals surface area contributed by atoms with E-state index in [4.69, 9.17) is 4.98 Å². The van der Waals surface area contributed by atoms with Crippen molar-refractivity contribution in [2.24, 2.45) is 0 Å². The normalized spacial score (nSPS) is 14.9. The number of benzene rings is 3. The van der Waals surface area contributed by atoms with Gasteiger partial charge in [0, 0.05) is 33.8 Å². The summed E-state index contributed by atoms with van der Waals surface area (Å²) < 4.78 is 0. The first-order valence-electron chi connectivity index (χ1n) is 13.7. The minimum atomic E-state index is -0.175. The number of thiophene rings is 1. The van der Waals surface area contributed by atoms with E-state index in [-0.39, 0.29) is 11.1 Å². The van der Waals surface area contributed by atoms with E-state index in [0.29, 0.717) is 0 Å². The molecule has 1 saturated heterocycles. The summed E-state index contributed by atoms with van der Waals surface area (Å²) in [7, 11) is 0. The van der Waals surface area contributed by atoms with Crippen LogP contribution in [0.2, 0.25) is 0 Å². The molecule has 0 radical (unpaired) electrons. The van der Waals surface area contributed by atoms with Gasteiger partial charge in [-0.1, -0.05) is 54.6 Å². The SMILES string of the molecule is O=c1[nH]c2ccc(C3(Cc4c(-c5ccccc5)ccc(-c5cccs5)c4-c4cnccn4)CCNCC3)cc2[nH]1. The van der Waals surface area contributed by atoms with Crippen LogP contribution in [-0.2, 0) is 11.8 Å². The fourth-order valence-electron chi connectivity index (χ4n) is 6.25. The summed E-state index contributed by atoms with van der Waals surface area (Å²) in [5.41, 5.74) is 9.54. The number of piperidine rings is 1. The Labute approximate surface area is 236 Å². The van der Waals surface area contributed by atoms with Crippen molar-refractivity contribution in [1.29, 1.82) is 0 Å². The number of rotatable bonds is 6. The Hall–Kier alpha value is -4.33. The molecule has 0 spiro atoms. The molecule has 7 rings (SSSR count). The smallest absolute Gasteiger partial charge is 0.317 e. The van der Waals surface area contributed by atoms with Crippen molar-refractivity contribution in [3.05, 3.63) is 118 Å². The highest BCUT2D eigenvalue weighted by Gasteiger charge is 2.36. The lowest BCUT2D eigenvalue weighted by Gasteiger charge is -2.40. The van der Waals surface area contributed by atoms with E-state index in [2.05, 4.69) is 92.4 Å². The van der Waals surface area contributed by atoms with Gasteiger partial charge in [-0.25, -0.2) is 4.79 Å². The Morgan fingerprint density at radius 1 is 0.850 bits per heavy atom. The van der Waals surface area contributed by atoms with Gasteiger partial charge < -0.3 is 15.3 Å². The minimum Gasteiger partial charge on any atom is -0.317 e. The van der Waals surface area contributed by atoms with Crippen molar-refractivity contribution < 1.29 is 0 Å². The van der Waals surface area contributed by atoms with Crippen LogP contribution in [0.4, 0.5) is 0 Å². The molecule has 3 N–H and O–H groups in total. The minimum absolute atomic E-state index is 0.123. The van der Waals surface area contributed by atoms with Crippen LogP contribution >= 0.6 is 11.3 Å². The summed E-state index contributed by atoms with van der Waals surface area (Å²) in [6.45, 7) is 1.88. The van der Waals surface area contributed by atoms with Gasteiger partial charge in [-0.05, 0) is 78.2 Å². The Morgan fingerprint density at radius 3 is 2.45 bits per heavy atom. The molecule has 0 bridgehead atoms. The molecule has 7 heteroatoms. The summed E-state index contributed by atoms with van der Waals surface area (Å²) in [5, 5.41) is 5.70. The first kappa shape index (κ1) is 24.7. The number of nitrogens with zero attached hydrogens (tertiary/aromatic N) is 2. The number of hydrogen-bond donors (Lipinski definition) is 3. The zero-order valence-electron chi connectivity index (χ0n) is 22.0. The average molecular weight is 544 g/mol. The molecule has 6 aromatic rings. The highest BCUT2D eigenvalue weighted by Crippen LogP contribution is 2.46. The predicted molar refractivity (Wildman–Crippen MR) is 163 cm³/mol. The van der Waals surface area contributed by atoms with Gasteiger partial charge in [-0.2, -0.15) is 0 Å². The summed E-state index contributed by atoms with van der Waals surface area (Å²) in [5.74, 6) is 0. The third-order valence-electron chi connectivity index (χ3n) is 8.21. The monoisotopic (exact) mass is 543 g/mol. The van der Waals surface area contributed by atoms with Gasteiger partial charge in [0.25, 0.3) is 0 Å². The van der Waals surface area contributed by atoms with E-state index in [0.717, 1.165) is 54.6 Å². The van der Waals surface area contributed by atoms with E-state index < -0.39 is 0 Å². The Balaban J connectivity index is 1.49. The second-order valence-electron chi connectivity index (χ2n) is 10.5. The Bertz CT molecular complexity index is 1820. The van der Waals surface area contributed by atoms with Crippen LogP contribution < -0.4 is 11.0 Å². The van der Waals surface area contributed by atoms with Gasteiger partial charge in [0.1, 0.15) is 0 Å². The van der Waals surface area contributed by atoms with Crippen molar-refractivity contribution in [3.8, 4) is 32.8 Å². The van der Waals surface area contributed by atoms with Gasteiger partial charge >= 0.3 is 5.69 Å². The quantitative estimate of drug-likeness (QED) is 0.222. The number of aromatic nitrogens is 4. The molecule has 0 unspecified atom stereocenters. The van der Waals surface area contributed by atoms with Crippen molar-refractivity contribution in [2.45, 2.75) is 24.7 Å². The largest absolute Gasteiger partial charge is 0.323 e. The van der Waals surface area contributed by atoms with Gasteiger partial charge in [-0.15, -0.1) is 11.3 Å². The zero-order chi connectivity index (χ0) is 26.9. The molecule has 3 aromatic carbocycles. The zero-order valence-corrected chi connectivity index (χ0v) is 22.8. The molecule has 1 fully saturated rings. The highest BCUT2D eigenvalue weighted by atomic mass is 32.1. The molecule has 1 aliphatic heterocycles. The Kier molecular flexibility index (Phi) is 6.38. The van der Waals surface area contributed by atoms with E-state index in [9.17, 15) is 4.79 Å². The van der Waals surface area contributed by atoms with Crippen LogP contribution in [0.5, 0.6) is 0 Å². The maximum Gasteiger partial charge on any atom is 0.323 e. The molecule has 6 nitrogen and oxygen atoms in total. The number of nitrogens with one attached hydrogen (secondary N) is 3. The highest BCUT2D eigenvalue weighted by molar-refractivity contribution is 7.13. The average Bonchev–Trinajstić information content (AvgIpc) is 3.67. The fourth-order valence-corrected chi connectivity index (χ4v) is 7.01. The molecule has 4 heterocycles. The predicted octanol–water partition coefficient (Wildman–Crippen LogP) is 6.57. The van der Waals surface area contributed by atoms with Crippen LogP contribution in [0, 0.1) is 0 Å². The van der Waals surface area contributed by atoms with Crippen LogP contribution in [-0.4, -0.2) is 33.0 Å². The third kappa shape index (κ3) is 4.47. The topological polar surface area (TPSA) is 86.5 Å². The number of fused-ring (bicyclic) bond motifs is 1. The molecule has 40 heavy (non-hydrogen) atoms. The molecular weight excluding hydrogens is 514 g/mol. The van der Waals surface area contributed by atoms with E-state index in [1.807, 2.05) is 12.3 Å². The third-order valence-corrected chi connectivity index (χ3v) is 9.11. The van der Waals surface area contributed by atoms with Crippen molar-refractivity contribution in [2.75, 3.05) is 13.1 Å². The summed E-state index contributed by atoms with van der Waals surface area (Å²) in [6, 6.07) is 25.9. The van der Waals surface area contributed by atoms with Gasteiger partial charge in [-0.3, -0.25) is 9.97 Å². The number of H-pyrrole nitrogens is 2. The van der Waals surface area contributed by atoms with Crippen molar-refractivity contribution in [3.63, 3.8) is 0 Å². The second-order valence-corrected chi connectivity index (χ2v) is 11.4. The molecular formula is C33H29N5OS. The molecule has 198 valence electrons. The number of hydrogen-bond acceptors (Lipinski definition) is 5. The van der Waals surface area contributed by atoms with Crippen LogP contribution in [0.1, 0.15) is 24.0 Å². The lowest BCUT2D eigenvalue weighted by atomic mass is 9.67. The first-order chi connectivity index (χ1) is 19.7. The molecule has 0 aliphatic carbocycles. The van der Waals surface area contributed by atoms with Crippen LogP contribution in [0.3, 0.4) is 0 Å². The summed E-state index contributed by atoms with van der Waals surface area (Å²) in [6.07, 6.45) is 8.22. The first-order valence-corrected chi connectivity index (χ1v) is 14.5. The molecule has 3 aromatic heterocycles. The maximum absolute atomic E-state index is 12.1. The van der Waals surface area contributed by atoms with Crippen LogP contribution in [0.15, 0.2) is 102 Å². The van der Waals surface area contributed by atoms with E-state index >= 15 is 0 Å². The molecule has 0 atom stereocenters. The number of aromatic amines is 2. The lowest BCUT2D eigenvalue weighted by Crippen LogP contribution is -2.41. The maximum atomic E-state index is 12.1. The number of imidazole rings is 1. The molecule has 0 saturated carbocycles. The standard InChI is InChI=1S/C33H29N5OS/c39-32-37-27-11-8-23(19-28(27)38-32)33(12-14-34-15-13-33)20-26-24(22-5-2-1-3-6-22)9-10-25(30-7-4-18-40-30)31(26)29-21-35-16-17-36-29/h1-11,16-19,21,34H,12-15,20H2,(H2,37,38,39). The van der Waals surface area contributed by atoms with Crippen molar-refractivity contribution in [1.82, 2.24) is 25.3 Å². The van der Waals surface area contributed by atoms with Gasteiger partial charge in [0.2, 0.25) is 0 Å². The van der Waals surface area contributed by atoms with Gasteiger partial charge in [0.15, 0.2) is 0 Å². The molecule has 1 aliphatic rings. The van der Waals surface area contributed by atoms with E-state index in [1.165, 1.54) is 32.7 Å². The fraction of sp³-hybridized carbons (Fsp3) is 0.182. The van der Waals surface area contributed by atoms with Gasteiger partial charge in [0.05, 0.1) is 22.9 Å². The Morgan fingerprint density at radius 2 is 1.68 bits per heavy atom. The lowest BCUT2D eigenvalue weighted by molar-refractivity contribution is 0.305. The van der Waals surface area contributed by atoms with Crippen molar-refractivity contribution >= 4 is 22.4 Å². The van der Waals surface area contributed by atoms with Crippen LogP contribution in [0.25, 0.3) is 43.9 Å². The molecule has 0 amide bonds. The summed E-state index contributed by atoms with van der Waals surface area (Å²) >= 11 is 1.75. The second kappa shape index (κ2) is 10.3. The van der Waals surface area contributed by atoms with E-state index in [1.54, 1.807) is 23.7 Å². The summed E-state index contributed by atoms with van der Waals surface area (Å²) in [4.78, 5) is 28.5.